The van der Waals surface area contributed by atoms with Gasteiger partial charge in [0.1, 0.15) is 0 Å². The zero-order valence-electron chi connectivity index (χ0n) is 19.7. The summed E-state index contributed by atoms with van der Waals surface area (Å²) in [6.07, 6.45) is 1.74. The highest BCUT2D eigenvalue weighted by molar-refractivity contribution is 6.06. The van der Waals surface area contributed by atoms with Crippen LogP contribution in [0.25, 0.3) is 28.0 Å². The van der Waals surface area contributed by atoms with Gasteiger partial charge in [0.05, 0.1) is 28.5 Å². The first-order valence-corrected chi connectivity index (χ1v) is 11.8. The van der Waals surface area contributed by atoms with Gasteiger partial charge >= 0.3 is 0 Å². The van der Waals surface area contributed by atoms with Crippen molar-refractivity contribution in [3.63, 3.8) is 0 Å². The third kappa shape index (κ3) is 4.58. The van der Waals surface area contributed by atoms with E-state index in [1.807, 2.05) is 54.6 Å². The fourth-order valence-corrected chi connectivity index (χ4v) is 4.44. The second-order valence-corrected chi connectivity index (χ2v) is 8.90. The predicted molar refractivity (Wildman–Crippen MR) is 135 cm³/mol. The van der Waals surface area contributed by atoms with Crippen LogP contribution in [-0.2, 0) is 0 Å². The Kier molecular flexibility index (Phi) is 6.38. The zero-order valence-corrected chi connectivity index (χ0v) is 19.7. The second-order valence-electron chi connectivity index (χ2n) is 8.90. The van der Waals surface area contributed by atoms with Crippen LogP contribution >= 0.6 is 0 Å². The quantitative estimate of drug-likeness (QED) is 0.484. The van der Waals surface area contributed by atoms with Crippen molar-refractivity contribution in [2.45, 2.75) is 6.92 Å². The molecule has 2 aromatic heterocycles. The van der Waals surface area contributed by atoms with E-state index in [4.69, 9.17) is 4.98 Å². The highest BCUT2D eigenvalue weighted by Gasteiger charge is 2.19. The fourth-order valence-electron chi connectivity index (χ4n) is 4.44. The molecular weight excluding hydrogens is 424 g/mol. The van der Waals surface area contributed by atoms with Crippen molar-refractivity contribution in [1.82, 2.24) is 29.9 Å². The number of amides is 1. The number of hydrogen-bond donors (Lipinski definition) is 1. The minimum Gasteiger partial charge on any atom is -0.351 e. The van der Waals surface area contributed by atoms with Gasteiger partial charge in [0.2, 0.25) is 0 Å². The molecule has 1 saturated heterocycles. The van der Waals surface area contributed by atoms with E-state index in [1.165, 1.54) is 0 Å². The summed E-state index contributed by atoms with van der Waals surface area (Å²) in [6.45, 7) is 7.72. The maximum Gasteiger partial charge on any atom is 0.252 e. The lowest BCUT2D eigenvalue weighted by Crippen LogP contribution is -2.46. The molecule has 1 N–H and O–H groups in total. The van der Waals surface area contributed by atoms with E-state index < -0.39 is 0 Å². The van der Waals surface area contributed by atoms with Gasteiger partial charge in [-0.3, -0.25) is 9.69 Å². The Morgan fingerprint density at radius 2 is 1.74 bits per heavy atom. The van der Waals surface area contributed by atoms with Gasteiger partial charge in [-0.1, -0.05) is 42.5 Å². The summed E-state index contributed by atoms with van der Waals surface area (Å²) in [5.74, 6) is -0.0935. The number of pyridine rings is 1. The van der Waals surface area contributed by atoms with Crippen LogP contribution in [0.15, 0.2) is 66.9 Å². The molecule has 2 aromatic carbocycles. The van der Waals surface area contributed by atoms with Crippen LogP contribution < -0.4 is 5.32 Å². The number of para-hydroxylation sites is 1. The number of fused-ring (bicyclic) bond motifs is 1. The minimum absolute atomic E-state index is 0.0935. The molecule has 1 fully saturated rings. The summed E-state index contributed by atoms with van der Waals surface area (Å²) < 4.78 is 1.80. The number of carbonyl (C=O) groups is 1. The van der Waals surface area contributed by atoms with Crippen LogP contribution in [0.4, 0.5) is 0 Å². The molecule has 0 spiro atoms. The predicted octanol–water partition coefficient (Wildman–Crippen LogP) is 3.37. The lowest BCUT2D eigenvalue weighted by Gasteiger charge is -2.32. The van der Waals surface area contributed by atoms with Gasteiger partial charge in [0, 0.05) is 44.8 Å². The lowest BCUT2D eigenvalue weighted by atomic mass is 10.0. The maximum atomic E-state index is 13.4. The minimum atomic E-state index is -0.0935. The SMILES string of the molecule is Cc1ccccc1-c1cc(C(=O)NCCN2CCN(C)CC2)c2cnn(-c3ccccc3)c2n1. The molecule has 1 amide bonds. The number of piperazine rings is 1. The third-order valence-electron chi connectivity index (χ3n) is 6.52. The number of carbonyl (C=O) groups excluding carboxylic acids is 1. The van der Waals surface area contributed by atoms with Crippen LogP contribution in [0, 0.1) is 6.92 Å². The summed E-state index contributed by atoms with van der Waals surface area (Å²) in [7, 11) is 2.15. The fraction of sp³-hybridized carbons (Fsp3) is 0.296. The van der Waals surface area contributed by atoms with E-state index in [9.17, 15) is 4.79 Å². The smallest absolute Gasteiger partial charge is 0.252 e. The van der Waals surface area contributed by atoms with Gasteiger partial charge in [-0.05, 0) is 37.7 Å². The van der Waals surface area contributed by atoms with E-state index >= 15 is 0 Å². The molecule has 1 aliphatic rings. The largest absolute Gasteiger partial charge is 0.351 e. The Bertz CT molecular complexity index is 1290. The maximum absolute atomic E-state index is 13.4. The molecule has 4 aromatic rings. The molecule has 0 bridgehead atoms. The molecule has 7 heteroatoms. The number of aryl methyl sites for hydroxylation is 1. The Morgan fingerprint density at radius 1 is 1.00 bits per heavy atom. The van der Waals surface area contributed by atoms with Crippen molar-refractivity contribution in [1.29, 1.82) is 0 Å². The van der Waals surface area contributed by atoms with Crippen LogP contribution in [-0.4, -0.2) is 76.8 Å². The van der Waals surface area contributed by atoms with Crippen molar-refractivity contribution < 1.29 is 4.79 Å². The van der Waals surface area contributed by atoms with Crippen molar-refractivity contribution in [3.8, 4) is 16.9 Å². The first-order chi connectivity index (χ1) is 16.6. The second kappa shape index (κ2) is 9.75. The van der Waals surface area contributed by atoms with Gasteiger partial charge in [0.25, 0.3) is 5.91 Å². The van der Waals surface area contributed by atoms with E-state index in [2.05, 4.69) is 40.3 Å². The summed E-state index contributed by atoms with van der Waals surface area (Å²) in [6, 6.07) is 19.9. The van der Waals surface area contributed by atoms with Crippen molar-refractivity contribution in [2.75, 3.05) is 46.3 Å². The Labute approximate surface area is 200 Å². The number of hydrogen-bond acceptors (Lipinski definition) is 5. The van der Waals surface area contributed by atoms with Gasteiger partial charge in [-0.15, -0.1) is 0 Å². The third-order valence-corrected chi connectivity index (χ3v) is 6.52. The van der Waals surface area contributed by atoms with Gasteiger partial charge < -0.3 is 10.2 Å². The van der Waals surface area contributed by atoms with E-state index in [0.717, 1.165) is 60.6 Å². The first-order valence-electron chi connectivity index (χ1n) is 11.8. The number of nitrogens with zero attached hydrogens (tertiary/aromatic N) is 5. The summed E-state index contributed by atoms with van der Waals surface area (Å²) in [5, 5.41) is 8.47. The molecule has 7 nitrogen and oxygen atoms in total. The van der Waals surface area contributed by atoms with Crippen molar-refractivity contribution in [2.24, 2.45) is 0 Å². The topological polar surface area (TPSA) is 66.3 Å². The molecule has 34 heavy (non-hydrogen) atoms. The summed E-state index contributed by atoms with van der Waals surface area (Å²) in [5.41, 5.74) is 5.08. The normalized spacial score (nSPS) is 15.0. The standard InChI is InChI=1S/C27H30N6O/c1-20-8-6-7-11-22(20)25-18-23(27(34)28-12-13-32-16-14-31(2)15-17-32)24-19-29-33(26(24)30-25)21-9-4-3-5-10-21/h3-11,18-19H,12-17H2,1-2H3,(H,28,34). The van der Waals surface area contributed by atoms with E-state index in [-0.39, 0.29) is 5.91 Å². The van der Waals surface area contributed by atoms with E-state index in [0.29, 0.717) is 17.8 Å². The number of likely N-dealkylation sites (N-methyl/N-ethyl adjacent to an activating group) is 1. The zero-order chi connectivity index (χ0) is 23.5. The molecule has 0 saturated carbocycles. The molecule has 3 heterocycles. The van der Waals surface area contributed by atoms with Crippen LogP contribution in [0.5, 0.6) is 0 Å². The molecular formula is C27H30N6O. The van der Waals surface area contributed by atoms with Crippen molar-refractivity contribution >= 4 is 16.9 Å². The molecule has 5 rings (SSSR count). The molecule has 0 unspecified atom stereocenters. The average Bonchev–Trinajstić information content (AvgIpc) is 3.29. The average molecular weight is 455 g/mol. The Morgan fingerprint density at radius 3 is 2.50 bits per heavy atom. The summed E-state index contributed by atoms with van der Waals surface area (Å²) >= 11 is 0. The lowest BCUT2D eigenvalue weighted by molar-refractivity contribution is 0.0942. The van der Waals surface area contributed by atoms with Gasteiger partial charge in [0.15, 0.2) is 5.65 Å². The van der Waals surface area contributed by atoms with Crippen molar-refractivity contribution in [3.05, 3.63) is 78.0 Å². The van der Waals surface area contributed by atoms with Gasteiger partial charge in [-0.2, -0.15) is 5.10 Å². The molecule has 174 valence electrons. The monoisotopic (exact) mass is 454 g/mol. The Hall–Kier alpha value is -3.55. The van der Waals surface area contributed by atoms with Crippen LogP contribution in [0.1, 0.15) is 15.9 Å². The molecule has 0 radical (unpaired) electrons. The number of aromatic nitrogens is 3. The summed E-state index contributed by atoms with van der Waals surface area (Å²) in [4.78, 5) is 23.0. The highest BCUT2D eigenvalue weighted by Crippen LogP contribution is 2.28. The van der Waals surface area contributed by atoms with Gasteiger partial charge in [-0.25, -0.2) is 9.67 Å². The van der Waals surface area contributed by atoms with Crippen LogP contribution in [0.2, 0.25) is 0 Å². The molecule has 1 aliphatic heterocycles. The number of rotatable bonds is 6. The van der Waals surface area contributed by atoms with E-state index in [1.54, 1.807) is 10.9 Å². The molecule has 0 atom stereocenters. The first kappa shape index (κ1) is 22.3. The Balaban J connectivity index is 1.48. The van der Waals surface area contributed by atoms with Crippen LogP contribution in [0.3, 0.4) is 0 Å². The highest BCUT2D eigenvalue weighted by atomic mass is 16.1. The number of nitrogens with one attached hydrogen (secondary N) is 1. The molecule has 0 aliphatic carbocycles. The number of benzene rings is 2.